The van der Waals surface area contributed by atoms with E-state index in [1.165, 1.54) is 22.2 Å². The fourth-order valence-electron chi connectivity index (χ4n) is 4.96. The highest BCUT2D eigenvalue weighted by atomic mass is 79.9. The summed E-state index contributed by atoms with van der Waals surface area (Å²) in [7, 11) is 0. The van der Waals surface area contributed by atoms with Crippen molar-refractivity contribution in [2.45, 2.75) is 24.5 Å². The topological polar surface area (TPSA) is 98.0 Å². The van der Waals surface area contributed by atoms with E-state index in [0.717, 1.165) is 26.2 Å². The molecule has 0 aliphatic carbocycles. The molecule has 0 radical (unpaired) electrons. The number of hydrogen-bond donors (Lipinski definition) is 0. The molecule has 0 aromatic heterocycles. The number of carbonyl (C=O) groups is 3. The Kier molecular flexibility index (Phi) is 6.70. The molecule has 1 fully saturated rings. The van der Waals surface area contributed by atoms with E-state index in [1.807, 2.05) is 54.6 Å². The summed E-state index contributed by atoms with van der Waals surface area (Å²) < 4.78 is 0.941. The minimum Gasteiger partial charge on any atom is -0.271 e. The van der Waals surface area contributed by atoms with Gasteiger partial charge in [-0.05, 0) is 41.5 Å². The molecule has 3 amide bonds. The Bertz CT molecular complexity index is 1550. The predicted octanol–water partition coefficient (Wildman–Crippen LogP) is 5.43. The Labute approximate surface area is 241 Å². The van der Waals surface area contributed by atoms with Gasteiger partial charge < -0.3 is 0 Å². The molecule has 3 unspecified atom stereocenters. The van der Waals surface area contributed by atoms with Crippen molar-refractivity contribution >= 4 is 68.3 Å². The Morgan fingerprint density at radius 3 is 2.44 bits per heavy atom. The second-order valence-corrected chi connectivity index (χ2v) is 11.0. The number of nitrogens with zero attached hydrogens (tertiary/aromatic N) is 6. The fraction of sp³-hybridized carbons (Fsp3) is 0.185. The van der Waals surface area contributed by atoms with Crippen LogP contribution in [0.5, 0.6) is 0 Å². The monoisotopic (exact) mass is 624 g/mol. The molecule has 0 N–H and O–H groups in total. The van der Waals surface area contributed by atoms with Gasteiger partial charge in [0.1, 0.15) is 6.54 Å². The second-order valence-electron chi connectivity index (χ2n) is 9.22. The van der Waals surface area contributed by atoms with E-state index in [-0.39, 0.29) is 29.2 Å². The number of halogens is 3. The number of anilines is 1. The number of imide groups is 1. The van der Waals surface area contributed by atoms with Crippen LogP contribution in [0.25, 0.3) is 0 Å². The third-order valence-electron chi connectivity index (χ3n) is 6.83. The minimum atomic E-state index is -1.07. The molecule has 0 spiro atoms. The van der Waals surface area contributed by atoms with Gasteiger partial charge >= 0.3 is 0 Å². The molecule has 3 aromatic rings. The molecule has 6 rings (SSSR count). The van der Waals surface area contributed by atoms with Crippen LogP contribution in [-0.2, 0) is 14.4 Å². The lowest BCUT2D eigenvalue weighted by Gasteiger charge is -2.25. The molecule has 3 heterocycles. The summed E-state index contributed by atoms with van der Waals surface area (Å²) in [4.78, 5) is 41.1. The highest BCUT2D eigenvalue weighted by Gasteiger charge is 2.55. The first kappa shape index (κ1) is 25.7. The molecule has 3 aromatic carbocycles. The van der Waals surface area contributed by atoms with Gasteiger partial charge in [-0.15, -0.1) is 0 Å². The summed E-state index contributed by atoms with van der Waals surface area (Å²) in [5.74, 6) is -1.50. The van der Waals surface area contributed by atoms with Gasteiger partial charge in [-0.2, -0.15) is 10.2 Å². The van der Waals surface area contributed by atoms with Crippen LogP contribution in [0.15, 0.2) is 92.7 Å². The highest BCUT2D eigenvalue weighted by Crippen LogP contribution is 2.37. The molecular formula is C27H19BrCl2N6O3. The lowest BCUT2D eigenvalue weighted by atomic mass is 9.98. The third-order valence-corrected chi connectivity index (χ3v) is 7.90. The van der Waals surface area contributed by atoms with Crippen molar-refractivity contribution in [2.24, 2.45) is 15.4 Å². The average Bonchev–Trinajstić information content (AvgIpc) is 3.61. The van der Waals surface area contributed by atoms with Gasteiger partial charge in [-0.25, -0.2) is 9.91 Å². The van der Waals surface area contributed by atoms with E-state index >= 15 is 0 Å². The highest BCUT2D eigenvalue weighted by molar-refractivity contribution is 9.10. The first-order valence-electron chi connectivity index (χ1n) is 12.0. The van der Waals surface area contributed by atoms with Crippen molar-refractivity contribution < 1.29 is 14.4 Å². The first-order chi connectivity index (χ1) is 18.8. The van der Waals surface area contributed by atoms with E-state index in [2.05, 4.69) is 31.4 Å². The van der Waals surface area contributed by atoms with E-state index in [4.69, 9.17) is 23.2 Å². The molecule has 0 saturated carbocycles. The van der Waals surface area contributed by atoms with Crippen molar-refractivity contribution in [3.63, 3.8) is 0 Å². The number of carbonyl (C=O) groups excluding carboxylic acids is 3. The molecule has 1 saturated heterocycles. The quantitative estimate of drug-likeness (QED) is 0.353. The largest absolute Gasteiger partial charge is 0.271 e. The predicted molar refractivity (Wildman–Crippen MR) is 149 cm³/mol. The molecule has 0 bridgehead atoms. The SMILES string of the molecule is O=C1C2N=NN(CC(=O)N3N=C(c4ccc(Br)cc4)CC3c3ccccc3)C2C(=O)N1c1ccc(Cl)cc1Cl. The maximum absolute atomic E-state index is 13.7. The summed E-state index contributed by atoms with van der Waals surface area (Å²) >= 11 is 15.7. The van der Waals surface area contributed by atoms with Crippen molar-refractivity contribution in [3.8, 4) is 0 Å². The smallest absolute Gasteiger partial charge is 0.264 e. The lowest BCUT2D eigenvalue weighted by Crippen LogP contribution is -2.44. The molecule has 3 aliphatic rings. The van der Waals surface area contributed by atoms with Gasteiger partial charge in [-0.3, -0.25) is 19.4 Å². The molecule has 196 valence electrons. The fourth-order valence-corrected chi connectivity index (χ4v) is 5.71. The van der Waals surface area contributed by atoms with Crippen LogP contribution >= 0.6 is 39.1 Å². The molecule has 3 atom stereocenters. The number of fused-ring (bicyclic) bond motifs is 1. The summed E-state index contributed by atoms with van der Waals surface area (Å²) in [5, 5.41) is 15.9. The molecule has 12 heteroatoms. The van der Waals surface area contributed by atoms with Gasteiger partial charge in [-0.1, -0.05) is 86.8 Å². The minimum absolute atomic E-state index is 0.154. The van der Waals surface area contributed by atoms with Gasteiger partial charge in [0.25, 0.3) is 17.7 Å². The maximum Gasteiger partial charge on any atom is 0.264 e. The summed E-state index contributed by atoms with van der Waals surface area (Å²) in [6, 6.07) is 19.4. The van der Waals surface area contributed by atoms with Crippen LogP contribution in [0.3, 0.4) is 0 Å². The number of rotatable bonds is 5. The van der Waals surface area contributed by atoms with Crippen LogP contribution in [0.4, 0.5) is 5.69 Å². The van der Waals surface area contributed by atoms with Crippen LogP contribution in [0.1, 0.15) is 23.6 Å². The van der Waals surface area contributed by atoms with Gasteiger partial charge in [0, 0.05) is 15.9 Å². The molecule has 3 aliphatic heterocycles. The normalized spacial score (nSPS) is 22.1. The number of hydrogen-bond acceptors (Lipinski definition) is 7. The summed E-state index contributed by atoms with van der Waals surface area (Å²) in [6.07, 6.45) is 0.519. The Balaban J connectivity index is 1.26. The maximum atomic E-state index is 13.7. The first-order valence-corrected chi connectivity index (χ1v) is 13.6. The number of benzene rings is 3. The zero-order chi connectivity index (χ0) is 27.3. The number of hydrazone groups is 1. The summed E-state index contributed by atoms with van der Waals surface area (Å²) in [5.41, 5.74) is 2.81. The zero-order valence-electron chi connectivity index (χ0n) is 20.1. The van der Waals surface area contributed by atoms with E-state index in [9.17, 15) is 14.4 Å². The lowest BCUT2D eigenvalue weighted by molar-refractivity contribution is -0.135. The van der Waals surface area contributed by atoms with Crippen molar-refractivity contribution in [2.75, 3.05) is 11.4 Å². The zero-order valence-corrected chi connectivity index (χ0v) is 23.2. The van der Waals surface area contributed by atoms with Crippen molar-refractivity contribution in [3.05, 3.63) is 98.4 Å². The van der Waals surface area contributed by atoms with E-state index in [0.29, 0.717) is 11.4 Å². The Morgan fingerprint density at radius 2 is 1.72 bits per heavy atom. The molecular weight excluding hydrogens is 607 g/mol. The Hall–Kier alpha value is -3.60. The van der Waals surface area contributed by atoms with E-state index in [1.54, 1.807) is 6.07 Å². The Morgan fingerprint density at radius 1 is 0.974 bits per heavy atom. The molecule has 9 nitrogen and oxygen atoms in total. The third kappa shape index (κ3) is 4.62. The second kappa shape index (κ2) is 10.2. The standard InChI is InChI=1S/C27H19BrCl2N6O3/c28-17-8-6-15(7-9-17)20-13-22(16-4-2-1-3-5-16)36(32-20)23(37)14-34-25-24(31-33-34)26(38)35(27(25)39)21-11-10-18(29)12-19(21)30/h1-12,22,24-25H,13-14H2. The number of amides is 3. The van der Waals surface area contributed by atoms with Crippen LogP contribution < -0.4 is 4.90 Å². The van der Waals surface area contributed by atoms with Crippen molar-refractivity contribution in [1.29, 1.82) is 0 Å². The van der Waals surface area contributed by atoms with Gasteiger partial charge in [0.05, 0.1) is 22.5 Å². The van der Waals surface area contributed by atoms with Crippen LogP contribution in [-0.4, -0.2) is 52.1 Å². The van der Waals surface area contributed by atoms with Crippen LogP contribution in [0.2, 0.25) is 10.0 Å². The van der Waals surface area contributed by atoms with E-state index < -0.39 is 23.9 Å². The van der Waals surface area contributed by atoms with Gasteiger partial charge in [0.2, 0.25) is 0 Å². The molecule has 39 heavy (non-hydrogen) atoms. The summed E-state index contributed by atoms with van der Waals surface area (Å²) in [6.45, 7) is -0.285. The van der Waals surface area contributed by atoms with Gasteiger partial charge in [0.15, 0.2) is 12.1 Å². The average molecular weight is 626 g/mol. The van der Waals surface area contributed by atoms with Crippen molar-refractivity contribution in [1.82, 2.24) is 10.0 Å². The van der Waals surface area contributed by atoms with Crippen LogP contribution in [0, 0.1) is 0 Å².